The first-order valence-corrected chi connectivity index (χ1v) is 11.9. The van der Waals surface area contributed by atoms with Gasteiger partial charge in [-0.25, -0.2) is 0 Å². The second-order valence-corrected chi connectivity index (χ2v) is 10.2. The standard InChI is InChI=1S/C18H27N5O3S2/c1-15-11-23(12-16(2)26-15)28(24,25)22-8-6-20(7-9-22)14-21-5-3-18(19-21)17-4-10-27-13-17/h3-5,10,13,15-16H,6-9,11-12,14H2,1-2H3. The van der Waals surface area contributed by atoms with Crippen molar-refractivity contribution < 1.29 is 13.2 Å². The number of piperazine rings is 1. The number of ether oxygens (including phenoxy) is 1. The fraction of sp³-hybridized carbons (Fsp3) is 0.611. The predicted octanol–water partition coefficient (Wildman–Crippen LogP) is 1.54. The van der Waals surface area contributed by atoms with E-state index in [-0.39, 0.29) is 12.2 Å². The zero-order valence-electron chi connectivity index (χ0n) is 16.3. The van der Waals surface area contributed by atoms with Crippen molar-refractivity contribution in [1.29, 1.82) is 0 Å². The van der Waals surface area contributed by atoms with Gasteiger partial charge in [0.2, 0.25) is 0 Å². The number of hydrogen-bond acceptors (Lipinski definition) is 6. The Bertz CT molecular complexity index is 865. The van der Waals surface area contributed by atoms with Crippen molar-refractivity contribution in [2.45, 2.75) is 32.7 Å². The minimum atomic E-state index is -3.43. The number of rotatable bonds is 5. The van der Waals surface area contributed by atoms with Crippen molar-refractivity contribution in [2.24, 2.45) is 0 Å². The third-order valence-corrected chi connectivity index (χ3v) is 7.82. The third kappa shape index (κ3) is 4.32. The lowest BCUT2D eigenvalue weighted by molar-refractivity contribution is -0.0458. The molecule has 0 spiro atoms. The van der Waals surface area contributed by atoms with Gasteiger partial charge >= 0.3 is 0 Å². The second-order valence-electron chi connectivity index (χ2n) is 7.49. The number of aromatic nitrogens is 2. The topological polar surface area (TPSA) is 70.9 Å². The normalized spacial score (nSPS) is 25.9. The first kappa shape index (κ1) is 20.0. The van der Waals surface area contributed by atoms with Crippen molar-refractivity contribution >= 4 is 21.5 Å². The van der Waals surface area contributed by atoms with Gasteiger partial charge in [0.15, 0.2) is 0 Å². The molecule has 2 atom stereocenters. The second kappa shape index (κ2) is 8.21. The van der Waals surface area contributed by atoms with Crippen molar-refractivity contribution in [3.8, 4) is 11.3 Å². The van der Waals surface area contributed by atoms with E-state index in [9.17, 15) is 8.42 Å². The van der Waals surface area contributed by atoms with E-state index in [1.807, 2.05) is 36.2 Å². The van der Waals surface area contributed by atoms with E-state index in [4.69, 9.17) is 4.74 Å². The van der Waals surface area contributed by atoms with Gasteiger partial charge in [0.25, 0.3) is 10.2 Å². The van der Waals surface area contributed by atoms with Crippen LogP contribution in [0.2, 0.25) is 0 Å². The summed E-state index contributed by atoms with van der Waals surface area (Å²) >= 11 is 1.66. The van der Waals surface area contributed by atoms with Gasteiger partial charge in [0.05, 0.1) is 24.6 Å². The van der Waals surface area contributed by atoms with Crippen molar-refractivity contribution in [3.05, 3.63) is 29.1 Å². The largest absolute Gasteiger partial charge is 0.373 e. The molecule has 2 aliphatic heterocycles. The Morgan fingerprint density at radius 3 is 2.46 bits per heavy atom. The highest BCUT2D eigenvalue weighted by Gasteiger charge is 2.36. The lowest BCUT2D eigenvalue weighted by Crippen LogP contribution is -2.57. The van der Waals surface area contributed by atoms with Gasteiger partial charge in [-0.3, -0.25) is 9.58 Å². The van der Waals surface area contributed by atoms with E-state index >= 15 is 0 Å². The van der Waals surface area contributed by atoms with E-state index in [0.717, 1.165) is 11.3 Å². The van der Waals surface area contributed by atoms with E-state index in [1.165, 1.54) is 0 Å². The highest BCUT2D eigenvalue weighted by molar-refractivity contribution is 7.86. The molecule has 4 rings (SSSR count). The van der Waals surface area contributed by atoms with Gasteiger partial charge < -0.3 is 4.74 Å². The molecule has 4 heterocycles. The van der Waals surface area contributed by atoms with Crippen LogP contribution in [-0.2, 0) is 21.6 Å². The molecule has 2 fully saturated rings. The zero-order chi connectivity index (χ0) is 19.7. The summed E-state index contributed by atoms with van der Waals surface area (Å²) in [6.07, 6.45) is 1.83. The molecule has 2 aromatic heterocycles. The third-order valence-electron chi connectivity index (χ3n) is 5.17. The average Bonchev–Trinajstić information content (AvgIpc) is 3.33. The molecule has 0 saturated carbocycles. The average molecular weight is 426 g/mol. The van der Waals surface area contributed by atoms with Crippen LogP contribution in [0.25, 0.3) is 11.3 Å². The first-order valence-electron chi connectivity index (χ1n) is 9.61. The Kier molecular flexibility index (Phi) is 5.86. The number of nitrogens with zero attached hydrogens (tertiary/aromatic N) is 5. The van der Waals surface area contributed by atoms with Crippen LogP contribution in [-0.4, -0.2) is 83.2 Å². The highest BCUT2D eigenvalue weighted by Crippen LogP contribution is 2.21. The van der Waals surface area contributed by atoms with Gasteiger partial charge in [-0.15, -0.1) is 0 Å². The molecule has 154 valence electrons. The molecule has 0 radical (unpaired) electrons. The lowest BCUT2D eigenvalue weighted by Gasteiger charge is -2.40. The molecule has 0 bridgehead atoms. The molecule has 28 heavy (non-hydrogen) atoms. The van der Waals surface area contributed by atoms with Crippen LogP contribution >= 0.6 is 11.3 Å². The van der Waals surface area contributed by atoms with Gasteiger partial charge in [-0.05, 0) is 31.4 Å². The van der Waals surface area contributed by atoms with Crippen LogP contribution in [0.4, 0.5) is 0 Å². The Labute approximate surface area is 170 Å². The van der Waals surface area contributed by atoms with Gasteiger partial charge in [0.1, 0.15) is 0 Å². The SMILES string of the molecule is CC1CN(S(=O)(=O)N2CCN(Cn3ccc(-c4ccsc4)n3)CC2)CC(C)O1. The molecule has 0 aromatic carbocycles. The van der Waals surface area contributed by atoms with Crippen LogP contribution in [0.1, 0.15) is 13.8 Å². The number of morpholine rings is 1. The summed E-state index contributed by atoms with van der Waals surface area (Å²) in [5.41, 5.74) is 2.10. The monoisotopic (exact) mass is 425 g/mol. The molecular formula is C18H27N5O3S2. The molecule has 8 nitrogen and oxygen atoms in total. The van der Waals surface area contributed by atoms with Gasteiger partial charge in [-0.2, -0.15) is 33.5 Å². The molecule has 2 aromatic rings. The Morgan fingerprint density at radius 1 is 1.11 bits per heavy atom. The smallest absolute Gasteiger partial charge is 0.282 e. The molecule has 0 aliphatic carbocycles. The molecule has 10 heteroatoms. The molecular weight excluding hydrogens is 398 g/mol. The predicted molar refractivity (Wildman–Crippen MR) is 109 cm³/mol. The summed E-state index contributed by atoms with van der Waals surface area (Å²) in [4.78, 5) is 2.24. The summed E-state index contributed by atoms with van der Waals surface area (Å²) in [7, 11) is -3.43. The fourth-order valence-electron chi connectivity index (χ4n) is 3.79. The number of hydrogen-bond donors (Lipinski definition) is 0. The van der Waals surface area contributed by atoms with Crippen LogP contribution in [0.3, 0.4) is 0 Å². The summed E-state index contributed by atoms with van der Waals surface area (Å²) in [5.74, 6) is 0. The molecule has 2 saturated heterocycles. The Hall–Kier alpha value is -1.30. The van der Waals surface area contributed by atoms with Gasteiger partial charge in [0, 0.05) is 56.4 Å². The Balaban J connectivity index is 1.33. The molecule has 0 amide bonds. The number of thiophene rings is 1. The first-order chi connectivity index (χ1) is 13.4. The summed E-state index contributed by atoms with van der Waals surface area (Å²) in [5, 5.41) is 8.76. The van der Waals surface area contributed by atoms with Crippen molar-refractivity contribution in [2.75, 3.05) is 39.3 Å². The van der Waals surface area contributed by atoms with E-state index in [0.29, 0.717) is 45.9 Å². The van der Waals surface area contributed by atoms with E-state index in [2.05, 4.69) is 21.4 Å². The quantitative estimate of drug-likeness (QED) is 0.727. The van der Waals surface area contributed by atoms with Crippen LogP contribution in [0, 0.1) is 0 Å². The fourth-order valence-corrected chi connectivity index (χ4v) is 6.19. The zero-order valence-corrected chi connectivity index (χ0v) is 17.9. The minimum Gasteiger partial charge on any atom is -0.373 e. The summed E-state index contributed by atoms with van der Waals surface area (Å²) in [6, 6.07) is 4.08. The maximum Gasteiger partial charge on any atom is 0.282 e. The van der Waals surface area contributed by atoms with Gasteiger partial charge in [-0.1, -0.05) is 0 Å². The van der Waals surface area contributed by atoms with E-state index < -0.39 is 10.2 Å². The Morgan fingerprint density at radius 2 is 1.82 bits per heavy atom. The van der Waals surface area contributed by atoms with Crippen LogP contribution in [0.5, 0.6) is 0 Å². The molecule has 0 N–H and O–H groups in total. The van der Waals surface area contributed by atoms with Crippen LogP contribution in [0.15, 0.2) is 29.1 Å². The minimum absolute atomic E-state index is 0.0722. The lowest BCUT2D eigenvalue weighted by atomic mass is 10.2. The van der Waals surface area contributed by atoms with E-state index in [1.54, 1.807) is 19.9 Å². The summed E-state index contributed by atoms with van der Waals surface area (Å²) in [6.45, 7) is 7.75. The van der Waals surface area contributed by atoms with Crippen molar-refractivity contribution in [3.63, 3.8) is 0 Å². The highest BCUT2D eigenvalue weighted by atomic mass is 32.2. The molecule has 2 unspecified atom stereocenters. The van der Waals surface area contributed by atoms with Crippen molar-refractivity contribution in [1.82, 2.24) is 23.3 Å². The van der Waals surface area contributed by atoms with Crippen LogP contribution < -0.4 is 0 Å². The summed E-state index contributed by atoms with van der Waals surface area (Å²) < 4.78 is 36.8. The maximum absolute atomic E-state index is 13.0. The molecule has 2 aliphatic rings. The maximum atomic E-state index is 13.0.